The lowest BCUT2D eigenvalue weighted by Gasteiger charge is -2.33. The Bertz CT molecular complexity index is 430. The molecule has 0 spiro atoms. The third-order valence-electron chi connectivity index (χ3n) is 3.99. The van der Waals surface area contributed by atoms with E-state index in [0.717, 1.165) is 5.69 Å². The van der Waals surface area contributed by atoms with Crippen LogP contribution in [0.1, 0.15) is 37.8 Å². The summed E-state index contributed by atoms with van der Waals surface area (Å²) in [5.74, 6) is -0.700. The van der Waals surface area contributed by atoms with Gasteiger partial charge in [0.1, 0.15) is 0 Å². The predicted molar refractivity (Wildman–Crippen MR) is 79.8 cm³/mol. The molecule has 106 valence electrons. The highest BCUT2D eigenvalue weighted by molar-refractivity contribution is 5.75. The zero-order chi connectivity index (χ0) is 14.6. The fraction of sp³-hybridized carbons (Fsp3) is 0.562. The summed E-state index contributed by atoms with van der Waals surface area (Å²) in [5, 5.41) is 9.50. The van der Waals surface area contributed by atoms with Gasteiger partial charge in [-0.2, -0.15) is 0 Å². The summed E-state index contributed by atoms with van der Waals surface area (Å²) < 4.78 is 0. The van der Waals surface area contributed by atoms with Crippen molar-refractivity contribution in [2.75, 3.05) is 18.5 Å². The highest BCUT2D eigenvalue weighted by atomic mass is 16.4. The minimum absolute atomic E-state index is 0.540. The van der Waals surface area contributed by atoms with Gasteiger partial charge in [0.15, 0.2) is 0 Å². The van der Waals surface area contributed by atoms with Crippen LogP contribution in [-0.4, -0.2) is 24.7 Å². The number of rotatable bonds is 6. The van der Waals surface area contributed by atoms with Crippen LogP contribution in [0, 0.1) is 19.3 Å². The second-order valence-electron chi connectivity index (χ2n) is 5.49. The lowest BCUT2D eigenvalue weighted by molar-refractivity contribution is -0.148. The van der Waals surface area contributed by atoms with Crippen molar-refractivity contribution in [3.05, 3.63) is 29.3 Å². The summed E-state index contributed by atoms with van der Waals surface area (Å²) in [4.78, 5) is 13.6. The van der Waals surface area contributed by atoms with Gasteiger partial charge in [-0.25, -0.2) is 0 Å². The summed E-state index contributed by atoms with van der Waals surface area (Å²) in [6.45, 7) is 8.57. The Morgan fingerprint density at radius 3 is 2.00 bits per heavy atom. The Hall–Kier alpha value is -1.51. The van der Waals surface area contributed by atoms with Crippen molar-refractivity contribution in [3.63, 3.8) is 0 Å². The normalized spacial score (nSPS) is 11.4. The van der Waals surface area contributed by atoms with Gasteiger partial charge < -0.3 is 10.0 Å². The van der Waals surface area contributed by atoms with E-state index in [2.05, 4.69) is 36.9 Å². The van der Waals surface area contributed by atoms with Crippen molar-refractivity contribution in [2.24, 2.45) is 5.41 Å². The van der Waals surface area contributed by atoms with E-state index in [1.54, 1.807) is 0 Å². The smallest absolute Gasteiger partial charge is 0.311 e. The lowest BCUT2D eigenvalue weighted by Crippen LogP contribution is -2.41. The largest absolute Gasteiger partial charge is 0.481 e. The van der Waals surface area contributed by atoms with Crippen molar-refractivity contribution in [2.45, 2.75) is 40.5 Å². The Morgan fingerprint density at radius 2 is 1.63 bits per heavy atom. The Balaban J connectivity index is 3.00. The van der Waals surface area contributed by atoms with E-state index in [1.165, 1.54) is 11.1 Å². The van der Waals surface area contributed by atoms with E-state index in [-0.39, 0.29) is 0 Å². The van der Waals surface area contributed by atoms with E-state index in [1.807, 2.05) is 20.9 Å². The molecule has 1 aromatic rings. The molecule has 1 aromatic carbocycles. The van der Waals surface area contributed by atoms with Crippen LogP contribution in [0.2, 0.25) is 0 Å². The number of nitrogens with zero attached hydrogens (tertiary/aromatic N) is 1. The third kappa shape index (κ3) is 3.49. The summed E-state index contributed by atoms with van der Waals surface area (Å²) >= 11 is 0. The molecule has 0 heterocycles. The van der Waals surface area contributed by atoms with Gasteiger partial charge >= 0.3 is 5.97 Å². The molecule has 0 aliphatic rings. The summed E-state index contributed by atoms with van der Waals surface area (Å²) in [7, 11) is 1.97. The SMILES string of the molecule is CCC(CC)(CN(C)c1cc(C)cc(C)c1)C(=O)O. The molecule has 0 unspecified atom stereocenters. The molecule has 0 atom stereocenters. The van der Waals surface area contributed by atoms with Crippen molar-refractivity contribution < 1.29 is 9.90 Å². The maximum atomic E-state index is 11.6. The summed E-state index contributed by atoms with van der Waals surface area (Å²) in [5.41, 5.74) is 2.84. The Kier molecular flexibility index (Phi) is 4.98. The maximum absolute atomic E-state index is 11.6. The average molecular weight is 263 g/mol. The number of carboxylic acids is 1. The Labute approximate surface area is 116 Å². The summed E-state index contributed by atoms with van der Waals surface area (Å²) in [6, 6.07) is 6.33. The zero-order valence-corrected chi connectivity index (χ0v) is 12.7. The number of aryl methyl sites for hydroxylation is 2. The molecule has 0 amide bonds. The standard InChI is InChI=1S/C16H25NO2/c1-6-16(7-2,15(18)19)11-17(5)14-9-12(3)8-13(4)10-14/h8-10H,6-7,11H2,1-5H3,(H,18,19). The number of anilines is 1. The first-order valence-corrected chi connectivity index (χ1v) is 6.87. The van der Waals surface area contributed by atoms with Gasteiger partial charge in [0, 0.05) is 19.3 Å². The fourth-order valence-corrected chi connectivity index (χ4v) is 2.56. The number of hydrogen-bond acceptors (Lipinski definition) is 2. The molecule has 1 N–H and O–H groups in total. The third-order valence-corrected chi connectivity index (χ3v) is 3.99. The highest BCUT2D eigenvalue weighted by Crippen LogP contribution is 2.30. The Morgan fingerprint density at radius 1 is 1.16 bits per heavy atom. The molecule has 19 heavy (non-hydrogen) atoms. The van der Waals surface area contributed by atoms with Gasteiger partial charge in [-0.3, -0.25) is 4.79 Å². The minimum Gasteiger partial charge on any atom is -0.481 e. The molecule has 0 radical (unpaired) electrons. The molecule has 0 aromatic heterocycles. The number of aliphatic carboxylic acids is 1. The molecular weight excluding hydrogens is 238 g/mol. The van der Waals surface area contributed by atoms with Crippen LogP contribution in [0.15, 0.2) is 18.2 Å². The molecule has 1 rings (SSSR count). The van der Waals surface area contributed by atoms with E-state index < -0.39 is 11.4 Å². The molecule has 0 aliphatic carbocycles. The van der Waals surface area contributed by atoms with Gasteiger partial charge in [0.2, 0.25) is 0 Å². The summed E-state index contributed by atoms with van der Waals surface area (Å²) in [6.07, 6.45) is 1.29. The van der Waals surface area contributed by atoms with Gasteiger partial charge in [-0.05, 0) is 49.9 Å². The molecule has 0 bridgehead atoms. The topological polar surface area (TPSA) is 40.5 Å². The first-order valence-electron chi connectivity index (χ1n) is 6.87. The molecule has 0 fully saturated rings. The number of carbonyl (C=O) groups is 1. The molecule has 3 heteroatoms. The van der Waals surface area contributed by atoms with Crippen molar-refractivity contribution in [1.82, 2.24) is 0 Å². The van der Waals surface area contributed by atoms with E-state index in [9.17, 15) is 9.90 Å². The van der Waals surface area contributed by atoms with Crippen LogP contribution in [0.25, 0.3) is 0 Å². The first-order chi connectivity index (χ1) is 8.84. The monoisotopic (exact) mass is 263 g/mol. The van der Waals surface area contributed by atoms with Crippen LogP contribution in [-0.2, 0) is 4.79 Å². The highest BCUT2D eigenvalue weighted by Gasteiger charge is 2.36. The number of hydrogen-bond donors (Lipinski definition) is 1. The molecule has 0 saturated carbocycles. The molecular formula is C16H25NO2. The van der Waals surface area contributed by atoms with E-state index in [0.29, 0.717) is 19.4 Å². The second-order valence-corrected chi connectivity index (χ2v) is 5.49. The van der Waals surface area contributed by atoms with E-state index in [4.69, 9.17) is 0 Å². The lowest BCUT2D eigenvalue weighted by atomic mass is 9.82. The van der Waals surface area contributed by atoms with Crippen LogP contribution >= 0.6 is 0 Å². The second kappa shape index (κ2) is 6.09. The maximum Gasteiger partial charge on any atom is 0.311 e. The quantitative estimate of drug-likeness (QED) is 0.852. The van der Waals surface area contributed by atoms with Crippen molar-refractivity contribution >= 4 is 11.7 Å². The predicted octanol–water partition coefficient (Wildman–Crippen LogP) is 3.63. The van der Waals surface area contributed by atoms with Crippen LogP contribution in [0.5, 0.6) is 0 Å². The van der Waals surface area contributed by atoms with E-state index >= 15 is 0 Å². The molecule has 0 aliphatic heterocycles. The van der Waals surface area contributed by atoms with Crippen LogP contribution in [0.4, 0.5) is 5.69 Å². The number of carboxylic acid groups (broad SMARTS) is 1. The average Bonchev–Trinajstić information content (AvgIpc) is 2.34. The minimum atomic E-state index is -0.700. The van der Waals surface area contributed by atoms with Gasteiger partial charge in [-0.15, -0.1) is 0 Å². The zero-order valence-electron chi connectivity index (χ0n) is 12.7. The van der Waals surface area contributed by atoms with Gasteiger partial charge in [0.25, 0.3) is 0 Å². The van der Waals surface area contributed by atoms with Crippen molar-refractivity contribution in [3.8, 4) is 0 Å². The first kappa shape index (κ1) is 15.5. The van der Waals surface area contributed by atoms with Crippen molar-refractivity contribution in [1.29, 1.82) is 0 Å². The number of benzene rings is 1. The van der Waals surface area contributed by atoms with Gasteiger partial charge in [0.05, 0.1) is 5.41 Å². The fourth-order valence-electron chi connectivity index (χ4n) is 2.56. The van der Waals surface area contributed by atoms with Gasteiger partial charge in [-0.1, -0.05) is 19.9 Å². The van der Waals surface area contributed by atoms with Crippen LogP contribution < -0.4 is 4.90 Å². The van der Waals surface area contributed by atoms with Crippen LogP contribution in [0.3, 0.4) is 0 Å². The molecule has 0 saturated heterocycles. The molecule has 3 nitrogen and oxygen atoms in total.